The molecular weight excluding hydrogens is 356 g/mol. The third-order valence-electron chi connectivity index (χ3n) is 3.83. The molecule has 2 aromatic carbocycles. The van der Waals surface area contributed by atoms with Gasteiger partial charge in [-0.2, -0.15) is 5.26 Å². The molecule has 3 aromatic rings. The predicted octanol–water partition coefficient (Wildman–Crippen LogP) is 5.67. The third-order valence-corrected chi connectivity index (χ3v) is 4.71. The number of allylic oxidation sites excluding steroid dienone is 1. The van der Waals surface area contributed by atoms with Gasteiger partial charge in [0.2, 0.25) is 0 Å². The molecule has 27 heavy (non-hydrogen) atoms. The quantitative estimate of drug-likeness (QED) is 0.498. The maximum Gasteiger partial charge on any atom is 0.134 e. The number of rotatable bonds is 7. The summed E-state index contributed by atoms with van der Waals surface area (Å²) in [5, 5.41) is 12.3. The highest BCUT2D eigenvalue weighted by atomic mass is 32.1. The maximum absolute atomic E-state index is 9.63. The fraction of sp³-hybridized carbons (Fsp3) is 0.182. The Kier molecular flexibility index (Phi) is 6.24. The van der Waals surface area contributed by atoms with Crippen molar-refractivity contribution in [3.63, 3.8) is 0 Å². The van der Waals surface area contributed by atoms with Crippen molar-refractivity contribution >= 4 is 23.0 Å². The Morgan fingerprint density at radius 2 is 1.81 bits per heavy atom. The molecule has 0 atom stereocenters. The molecule has 5 heteroatoms. The Balaban J connectivity index is 1.89. The molecular formula is C22H20N2O2S. The van der Waals surface area contributed by atoms with Crippen molar-refractivity contribution in [2.75, 3.05) is 13.2 Å². The zero-order chi connectivity index (χ0) is 19.1. The Bertz CT molecular complexity index is 968. The van der Waals surface area contributed by atoms with Crippen molar-refractivity contribution in [1.29, 1.82) is 5.26 Å². The summed E-state index contributed by atoms with van der Waals surface area (Å²) in [7, 11) is 0. The maximum atomic E-state index is 9.63. The lowest BCUT2D eigenvalue weighted by Crippen LogP contribution is -1.93. The van der Waals surface area contributed by atoms with Gasteiger partial charge in [0.15, 0.2) is 0 Å². The summed E-state index contributed by atoms with van der Waals surface area (Å²) in [6.45, 7) is 5.11. The first kappa shape index (κ1) is 18.7. The molecule has 1 heterocycles. The SMILES string of the molecule is CCOc1ccc(-c2csc(/C(C#N)=C/c3ccccc3OCC)n2)cc1. The fourth-order valence-corrected chi connectivity index (χ4v) is 3.40. The second kappa shape index (κ2) is 9.02. The molecule has 0 amide bonds. The smallest absolute Gasteiger partial charge is 0.134 e. The molecule has 0 saturated carbocycles. The van der Waals surface area contributed by atoms with E-state index in [1.165, 1.54) is 11.3 Å². The second-order valence-electron chi connectivity index (χ2n) is 5.64. The van der Waals surface area contributed by atoms with Gasteiger partial charge in [-0.25, -0.2) is 4.98 Å². The summed E-state index contributed by atoms with van der Waals surface area (Å²) in [4.78, 5) is 4.65. The van der Waals surface area contributed by atoms with Gasteiger partial charge in [-0.05, 0) is 50.3 Å². The van der Waals surface area contributed by atoms with E-state index in [9.17, 15) is 5.26 Å². The van der Waals surface area contributed by atoms with Gasteiger partial charge in [0.25, 0.3) is 0 Å². The summed E-state index contributed by atoms with van der Waals surface area (Å²) in [6.07, 6.45) is 1.83. The van der Waals surface area contributed by atoms with E-state index in [2.05, 4.69) is 11.1 Å². The first-order valence-corrected chi connectivity index (χ1v) is 9.65. The monoisotopic (exact) mass is 376 g/mol. The van der Waals surface area contributed by atoms with E-state index < -0.39 is 0 Å². The van der Waals surface area contributed by atoms with Crippen LogP contribution in [0.5, 0.6) is 11.5 Å². The molecule has 3 rings (SSSR count). The van der Waals surface area contributed by atoms with E-state index in [0.29, 0.717) is 23.8 Å². The van der Waals surface area contributed by atoms with E-state index in [1.807, 2.05) is 73.8 Å². The van der Waals surface area contributed by atoms with Crippen LogP contribution in [0.4, 0.5) is 0 Å². The number of aromatic nitrogens is 1. The van der Waals surface area contributed by atoms with Crippen LogP contribution in [0.3, 0.4) is 0 Å². The van der Waals surface area contributed by atoms with Crippen LogP contribution >= 0.6 is 11.3 Å². The number of hydrogen-bond acceptors (Lipinski definition) is 5. The largest absolute Gasteiger partial charge is 0.494 e. The Morgan fingerprint density at radius 1 is 1.07 bits per heavy atom. The van der Waals surface area contributed by atoms with Crippen molar-refractivity contribution < 1.29 is 9.47 Å². The summed E-state index contributed by atoms with van der Waals surface area (Å²) in [6, 6.07) is 17.7. The molecule has 0 radical (unpaired) electrons. The van der Waals surface area contributed by atoms with Crippen molar-refractivity contribution in [3.05, 3.63) is 64.5 Å². The first-order valence-electron chi connectivity index (χ1n) is 8.78. The van der Waals surface area contributed by atoms with Crippen LogP contribution in [-0.2, 0) is 0 Å². The van der Waals surface area contributed by atoms with Gasteiger partial charge in [0.1, 0.15) is 22.6 Å². The number of ether oxygens (including phenoxy) is 2. The van der Waals surface area contributed by atoms with E-state index >= 15 is 0 Å². The molecule has 0 unspecified atom stereocenters. The lowest BCUT2D eigenvalue weighted by Gasteiger charge is -2.06. The summed E-state index contributed by atoms with van der Waals surface area (Å²) >= 11 is 1.46. The highest BCUT2D eigenvalue weighted by Gasteiger charge is 2.11. The highest BCUT2D eigenvalue weighted by molar-refractivity contribution is 7.11. The Hall–Kier alpha value is -3.10. The van der Waals surface area contributed by atoms with E-state index in [-0.39, 0.29) is 0 Å². The number of hydrogen-bond donors (Lipinski definition) is 0. The number of thiazole rings is 1. The molecule has 0 N–H and O–H groups in total. The molecule has 0 saturated heterocycles. The van der Waals surface area contributed by atoms with E-state index in [4.69, 9.17) is 9.47 Å². The molecule has 0 aliphatic carbocycles. The standard InChI is InChI=1S/C22H20N2O2S/c1-3-25-19-11-9-16(10-12-19)20-15-27-22(24-20)18(14-23)13-17-7-5-6-8-21(17)26-4-2/h5-13,15H,3-4H2,1-2H3/b18-13+. The van der Waals surface area contributed by atoms with E-state index in [0.717, 1.165) is 28.3 Å². The highest BCUT2D eigenvalue weighted by Crippen LogP contribution is 2.30. The van der Waals surface area contributed by atoms with Gasteiger partial charge in [-0.3, -0.25) is 0 Å². The minimum absolute atomic E-state index is 0.518. The van der Waals surface area contributed by atoms with Crippen molar-refractivity contribution in [3.8, 4) is 28.8 Å². The molecule has 136 valence electrons. The minimum atomic E-state index is 0.518. The zero-order valence-corrected chi connectivity index (χ0v) is 16.1. The lowest BCUT2D eigenvalue weighted by atomic mass is 10.1. The number of para-hydroxylation sites is 1. The number of nitriles is 1. The van der Waals surface area contributed by atoms with Gasteiger partial charge in [-0.1, -0.05) is 18.2 Å². The molecule has 0 aliphatic rings. The topological polar surface area (TPSA) is 55.1 Å². The van der Waals surface area contributed by atoms with Gasteiger partial charge < -0.3 is 9.47 Å². The van der Waals surface area contributed by atoms with Crippen LogP contribution in [0.2, 0.25) is 0 Å². The van der Waals surface area contributed by atoms with Crippen molar-refractivity contribution in [2.24, 2.45) is 0 Å². The van der Waals surface area contributed by atoms with Gasteiger partial charge in [-0.15, -0.1) is 11.3 Å². The molecule has 0 bridgehead atoms. The van der Waals surface area contributed by atoms with Crippen LogP contribution in [0, 0.1) is 11.3 Å². The summed E-state index contributed by atoms with van der Waals surface area (Å²) < 4.78 is 11.1. The van der Waals surface area contributed by atoms with Crippen LogP contribution < -0.4 is 9.47 Å². The molecule has 0 spiro atoms. The summed E-state index contributed by atoms with van der Waals surface area (Å²) in [5.41, 5.74) is 3.23. The average molecular weight is 376 g/mol. The number of nitrogens with zero attached hydrogens (tertiary/aromatic N) is 2. The number of benzene rings is 2. The predicted molar refractivity (Wildman–Crippen MR) is 110 cm³/mol. The average Bonchev–Trinajstić information content (AvgIpc) is 3.18. The fourth-order valence-electron chi connectivity index (χ4n) is 2.60. The van der Waals surface area contributed by atoms with Crippen LogP contribution in [0.25, 0.3) is 22.9 Å². The molecule has 4 nitrogen and oxygen atoms in total. The zero-order valence-electron chi connectivity index (χ0n) is 15.3. The Labute approximate surface area is 163 Å². The van der Waals surface area contributed by atoms with Gasteiger partial charge >= 0.3 is 0 Å². The van der Waals surface area contributed by atoms with Crippen molar-refractivity contribution in [2.45, 2.75) is 13.8 Å². The van der Waals surface area contributed by atoms with Crippen molar-refractivity contribution in [1.82, 2.24) is 4.98 Å². The van der Waals surface area contributed by atoms with Crippen LogP contribution in [0.1, 0.15) is 24.4 Å². The minimum Gasteiger partial charge on any atom is -0.494 e. The third kappa shape index (κ3) is 4.55. The van der Waals surface area contributed by atoms with Crippen LogP contribution in [-0.4, -0.2) is 18.2 Å². The van der Waals surface area contributed by atoms with Gasteiger partial charge in [0, 0.05) is 16.5 Å². The Morgan fingerprint density at radius 3 is 2.52 bits per heavy atom. The lowest BCUT2D eigenvalue weighted by molar-refractivity contribution is 0.339. The first-order chi connectivity index (χ1) is 13.2. The van der Waals surface area contributed by atoms with Crippen LogP contribution in [0.15, 0.2) is 53.9 Å². The normalized spacial score (nSPS) is 11.1. The molecule has 0 fully saturated rings. The van der Waals surface area contributed by atoms with E-state index in [1.54, 1.807) is 0 Å². The molecule has 0 aliphatic heterocycles. The second-order valence-corrected chi connectivity index (χ2v) is 6.49. The molecule has 1 aromatic heterocycles. The summed E-state index contributed by atoms with van der Waals surface area (Å²) in [5.74, 6) is 1.60. The van der Waals surface area contributed by atoms with Gasteiger partial charge in [0.05, 0.1) is 24.5 Å².